The Kier molecular flexibility index (Phi) is 2.04. The molecule has 0 radical (unpaired) electrons. The van der Waals surface area contributed by atoms with E-state index in [1.54, 1.807) is 18.2 Å². The molecule has 0 aliphatic heterocycles. The summed E-state index contributed by atoms with van der Waals surface area (Å²) in [6.07, 6.45) is 0. The van der Waals surface area contributed by atoms with Crippen LogP contribution in [0.4, 0.5) is 0 Å². The van der Waals surface area contributed by atoms with Gasteiger partial charge >= 0.3 is 11.6 Å². The first kappa shape index (κ1) is 9.45. The van der Waals surface area contributed by atoms with Crippen LogP contribution in [0.25, 0.3) is 11.0 Å². The molecule has 1 N–H and O–H groups in total. The summed E-state index contributed by atoms with van der Waals surface area (Å²) in [7, 11) is 0. The van der Waals surface area contributed by atoms with Gasteiger partial charge in [0.25, 0.3) is 0 Å². The fourth-order valence-corrected chi connectivity index (χ4v) is 1.45. The van der Waals surface area contributed by atoms with Gasteiger partial charge in [-0.15, -0.1) is 0 Å². The minimum Gasteiger partial charge on any atom is -0.478 e. The van der Waals surface area contributed by atoms with Gasteiger partial charge in [0.15, 0.2) is 0 Å². The van der Waals surface area contributed by atoms with Gasteiger partial charge in [0.1, 0.15) is 5.58 Å². The van der Waals surface area contributed by atoms with E-state index in [1.165, 1.54) is 0 Å². The lowest BCUT2D eigenvalue weighted by molar-refractivity contribution is 0.0698. The summed E-state index contributed by atoms with van der Waals surface area (Å²) in [5, 5.41) is 9.36. The first-order valence-electron chi connectivity index (χ1n) is 4.36. The average molecular weight is 204 g/mol. The molecule has 1 aromatic carbocycles. The van der Waals surface area contributed by atoms with Crippen LogP contribution in [-0.4, -0.2) is 11.1 Å². The lowest BCUT2D eigenvalue weighted by Gasteiger charge is -2.01. The van der Waals surface area contributed by atoms with E-state index in [0.717, 1.165) is 11.6 Å². The third-order valence-corrected chi connectivity index (χ3v) is 2.13. The third-order valence-electron chi connectivity index (χ3n) is 2.13. The number of carboxylic acids is 1. The van der Waals surface area contributed by atoms with E-state index in [0.29, 0.717) is 11.0 Å². The molecule has 1 aromatic heterocycles. The second-order valence-corrected chi connectivity index (χ2v) is 3.28. The molecule has 0 aliphatic carbocycles. The van der Waals surface area contributed by atoms with Crippen LogP contribution >= 0.6 is 0 Å². The Balaban J connectivity index is 2.94. The summed E-state index contributed by atoms with van der Waals surface area (Å²) < 4.78 is 4.89. The molecule has 0 unspecified atom stereocenters. The zero-order valence-electron chi connectivity index (χ0n) is 7.98. The van der Waals surface area contributed by atoms with E-state index in [-0.39, 0.29) is 5.56 Å². The molecule has 2 aromatic rings. The van der Waals surface area contributed by atoms with Crippen molar-refractivity contribution in [3.05, 3.63) is 45.8 Å². The third kappa shape index (κ3) is 1.61. The molecule has 0 saturated carbocycles. The first-order chi connectivity index (χ1) is 7.08. The van der Waals surface area contributed by atoms with E-state index in [9.17, 15) is 9.59 Å². The SMILES string of the molecule is Cc1ccc2oc(=O)cc(C(=O)O)c2c1. The Labute approximate surface area is 84.8 Å². The number of aromatic carboxylic acids is 1. The largest absolute Gasteiger partial charge is 0.478 e. The molecule has 0 atom stereocenters. The minimum absolute atomic E-state index is 0.0232. The molecular weight excluding hydrogens is 196 g/mol. The number of carboxylic acid groups (broad SMARTS) is 1. The van der Waals surface area contributed by atoms with Gasteiger partial charge in [-0.1, -0.05) is 11.6 Å². The highest BCUT2D eigenvalue weighted by atomic mass is 16.4. The smallest absolute Gasteiger partial charge is 0.337 e. The van der Waals surface area contributed by atoms with Crippen molar-refractivity contribution in [1.29, 1.82) is 0 Å². The lowest BCUT2D eigenvalue weighted by Crippen LogP contribution is -2.05. The number of aryl methyl sites for hydroxylation is 1. The normalized spacial score (nSPS) is 10.5. The predicted octanol–water partition coefficient (Wildman–Crippen LogP) is 1.80. The molecule has 0 bridgehead atoms. The summed E-state index contributed by atoms with van der Waals surface area (Å²) >= 11 is 0. The van der Waals surface area contributed by atoms with Crippen molar-refractivity contribution >= 4 is 16.9 Å². The standard InChI is InChI=1S/C11H8O4/c1-6-2-3-9-7(4-6)8(11(13)14)5-10(12)15-9/h2-5H,1H3,(H,13,14). The van der Waals surface area contributed by atoms with Crippen molar-refractivity contribution in [3.63, 3.8) is 0 Å². The quantitative estimate of drug-likeness (QED) is 0.719. The molecule has 15 heavy (non-hydrogen) atoms. The molecule has 0 fully saturated rings. The van der Waals surface area contributed by atoms with Gasteiger partial charge in [0.2, 0.25) is 0 Å². The summed E-state index contributed by atoms with van der Waals surface area (Å²) in [6, 6.07) is 6.03. The van der Waals surface area contributed by atoms with Crippen LogP contribution in [0.1, 0.15) is 15.9 Å². The topological polar surface area (TPSA) is 67.5 Å². The Bertz CT molecular complexity index is 595. The van der Waals surface area contributed by atoms with Crippen LogP contribution in [-0.2, 0) is 0 Å². The van der Waals surface area contributed by atoms with Crippen LogP contribution in [0.3, 0.4) is 0 Å². The lowest BCUT2D eigenvalue weighted by atomic mass is 10.1. The molecule has 4 heteroatoms. The maximum atomic E-state index is 11.1. The Morgan fingerprint density at radius 1 is 1.33 bits per heavy atom. The zero-order valence-corrected chi connectivity index (χ0v) is 7.98. The second-order valence-electron chi connectivity index (χ2n) is 3.28. The van der Waals surface area contributed by atoms with Crippen LogP contribution in [0.15, 0.2) is 33.5 Å². The highest BCUT2D eigenvalue weighted by molar-refractivity contribution is 6.01. The highest BCUT2D eigenvalue weighted by Crippen LogP contribution is 2.18. The molecule has 0 aliphatic rings. The van der Waals surface area contributed by atoms with Crippen molar-refractivity contribution in [3.8, 4) is 0 Å². The van der Waals surface area contributed by atoms with Gasteiger partial charge < -0.3 is 9.52 Å². The number of hydrogen-bond donors (Lipinski definition) is 1. The minimum atomic E-state index is -1.13. The summed E-state index contributed by atoms with van der Waals surface area (Å²) in [5.74, 6) is -1.13. The van der Waals surface area contributed by atoms with Gasteiger partial charge in [0, 0.05) is 11.5 Å². The Morgan fingerprint density at radius 2 is 2.07 bits per heavy atom. The van der Waals surface area contributed by atoms with Crippen molar-refractivity contribution in [2.24, 2.45) is 0 Å². The van der Waals surface area contributed by atoms with Crippen molar-refractivity contribution in [1.82, 2.24) is 0 Å². The second kappa shape index (κ2) is 3.24. The van der Waals surface area contributed by atoms with Gasteiger partial charge in [-0.05, 0) is 19.1 Å². The monoisotopic (exact) mass is 204 g/mol. The van der Waals surface area contributed by atoms with Crippen LogP contribution < -0.4 is 5.63 Å². The first-order valence-corrected chi connectivity index (χ1v) is 4.36. The van der Waals surface area contributed by atoms with E-state index >= 15 is 0 Å². The molecule has 0 spiro atoms. The van der Waals surface area contributed by atoms with Crippen LogP contribution in [0.2, 0.25) is 0 Å². The number of carbonyl (C=O) groups is 1. The molecule has 1 heterocycles. The maximum absolute atomic E-state index is 11.1. The van der Waals surface area contributed by atoms with Crippen LogP contribution in [0, 0.1) is 6.92 Å². The maximum Gasteiger partial charge on any atom is 0.337 e. The van der Waals surface area contributed by atoms with E-state index < -0.39 is 11.6 Å². The van der Waals surface area contributed by atoms with E-state index in [2.05, 4.69) is 0 Å². The fraction of sp³-hybridized carbons (Fsp3) is 0.0909. The summed E-state index contributed by atoms with van der Waals surface area (Å²) in [4.78, 5) is 22.0. The molecular formula is C11H8O4. The van der Waals surface area contributed by atoms with Crippen molar-refractivity contribution in [2.75, 3.05) is 0 Å². The van der Waals surface area contributed by atoms with E-state index in [4.69, 9.17) is 9.52 Å². The number of hydrogen-bond acceptors (Lipinski definition) is 3. The number of fused-ring (bicyclic) bond motifs is 1. The van der Waals surface area contributed by atoms with E-state index in [1.807, 2.05) is 6.92 Å². The van der Waals surface area contributed by atoms with Gasteiger partial charge in [-0.2, -0.15) is 0 Å². The number of rotatable bonds is 1. The summed E-state index contributed by atoms with van der Waals surface area (Å²) in [6.45, 7) is 1.84. The van der Waals surface area contributed by atoms with Crippen molar-refractivity contribution in [2.45, 2.75) is 6.92 Å². The van der Waals surface area contributed by atoms with Gasteiger partial charge in [0.05, 0.1) is 5.56 Å². The van der Waals surface area contributed by atoms with Crippen molar-refractivity contribution < 1.29 is 14.3 Å². The molecule has 76 valence electrons. The molecule has 0 amide bonds. The number of benzene rings is 1. The molecule has 0 saturated heterocycles. The van der Waals surface area contributed by atoms with Gasteiger partial charge in [-0.25, -0.2) is 9.59 Å². The Hall–Kier alpha value is -2.10. The van der Waals surface area contributed by atoms with Gasteiger partial charge in [-0.3, -0.25) is 0 Å². The molecule has 2 rings (SSSR count). The summed E-state index contributed by atoms with van der Waals surface area (Å²) in [5.41, 5.74) is 0.540. The Morgan fingerprint density at radius 3 is 2.73 bits per heavy atom. The highest BCUT2D eigenvalue weighted by Gasteiger charge is 2.11. The fourth-order valence-electron chi connectivity index (χ4n) is 1.45. The molecule has 4 nitrogen and oxygen atoms in total. The zero-order chi connectivity index (χ0) is 11.0. The van der Waals surface area contributed by atoms with Crippen LogP contribution in [0.5, 0.6) is 0 Å². The average Bonchev–Trinajstić information content (AvgIpc) is 2.17. The predicted molar refractivity (Wildman–Crippen MR) is 54.2 cm³/mol.